The van der Waals surface area contributed by atoms with Crippen molar-refractivity contribution in [1.82, 2.24) is 19.4 Å². The van der Waals surface area contributed by atoms with E-state index in [1.165, 1.54) is 98.1 Å². The molecule has 5 aromatic rings. The molecule has 0 aliphatic carbocycles. The van der Waals surface area contributed by atoms with Gasteiger partial charge in [-0.3, -0.25) is 24.4 Å². The van der Waals surface area contributed by atoms with Crippen molar-refractivity contribution in [1.29, 1.82) is 0 Å². The third-order valence-electron chi connectivity index (χ3n) is 13.1. The number of unbranched alkanes of at least 4 members (excludes halogenated alkanes) is 12. The van der Waals surface area contributed by atoms with Gasteiger partial charge in [0.15, 0.2) is 0 Å². The van der Waals surface area contributed by atoms with Gasteiger partial charge in [0, 0.05) is 29.7 Å². The van der Waals surface area contributed by atoms with Crippen molar-refractivity contribution in [3.05, 3.63) is 139 Å². The summed E-state index contributed by atoms with van der Waals surface area (Å²) in [6, 6.07) is 28.3. The second-order valence-electron chi connectivity index (χ2n) is 17.9. The summed E-state index contributed by atoms with van der Waals surface area (Å²) in [6.45, 7) is 4.29. The molecular weight excluding hydrogens is 960 g/mol. The van der Waals surface area contributed by atoms with Crippen molar-refractivity contribution in [2.45, 2.75) is 139 Å². The molecule has 1 saturated heterocycles. The van der Waals surface area contributed by atoms with Crippen LogP contribution in [0.2, 0.25) is 15.1 Å². The maximum absolute atomic E-state index is 14.7. The topological polar surface area (TPSA) is 133 Å². The van der Waals surface area contributed by atoms with Crippen LogP contribution in [0.1, 0.15) is 146 Å². The molecule has 68 heavy (non-hydrogen) atoms. The normalized spacial score (nSPS) is 15.7. The van der Waals surface area contributed by atoms with Gasteiger partial charge in [-0.15, -0.1) is 11.6 Å². The minimum Gasteiger partial charge on any atom is -0.340 e. The molecule has 15 heteroatoms. The summed E-state index contributed by atoms with van der Waals surface area (Å²) in [6.07, 6.45) is 18.0. The Labute approximate surface area is 422 Å². The lowest BCUT2D eigenvalue weighted by Crippen LogP contribution is -2.42. The van der Waals surface area contributed by atoms with Gasteiger partial charge in [-0.2, -0.15) is 0 Å². The Hall–Kier alpha value is -4.10. The number of rotatable bonds is 28. The number of halogens is 4. The van der Waals surface area contributed by atoms with Crippen LogP contribution < -0.4 is 15.6 Å². The largest absolute Gasteiger partial charge is 0.340 e. The highest BCUT2D eigenvalue weighted by Gasteiger charge is 2.53. The van der Waals surface area contributed by atoms with Crippen LogP contribution in [0.4, 0.5) is 11.5 Å². The maximum Gasteiger partial charge on any atom is 0.277 e. The van der Waals surface area contributed by atoms with Gasteiger partial charge in [0.05, 0.1) is 26.9 Å². The van der Waals surface area contributed by atoms with Crippen LogP contribution in [0.5, 0.6) is 0 Å². The number of aromatic nitrogens is 2. The number of amides is 2. The Morgan fingerprint density at radius 1 is 0.706 bits per heavy atom. The van der Waals surface area contributed by atoms with Crippen LogP contribution in [0, 0.1) is 5.92 Å². The number of carbonyl (C=O) groups is 2. The number of H-pyrrole nitrogens is 1. The predicted molar refractivity (Wildman–Crippen MR) is 279 cm³/mol. The minimum atomic E-state index is -4.07. The van der Waals surface area contributed by atoms with Gasteiger partial charge in [0.2, 0.25) is 15.9 Å². The highest BCUT2D eigenvalue weighted by molar-refractivity contribution is 7.89. The number of nitrogens with one attached hydrogen (secondary N) is 3. The second kappa shape index (κ2) is 25.7. The van der Waals surface area contributed by atoms with E-state index in [9.17, 15) is 22.8 Å². The fraction of sp³-hybridized carbons (Fsp3) is 0.453. The van der Waals surface area contributed by atoms with E-state index < -0.39 is 26.4 Å². The van der Waals surface area contributed by atoms with Crippen LogP contribution >= 0.6 is 46.4 Å². The highest BCUT2D eigenvalue weighted by Crippen LogP contribution is 2.42. The number of aromatic amines is 1. The number of anilines is 2. The van der Waals surface area contributed by atoms with Crippen molar-refractivity contribution in [2.24, 2.45) is 5.92 Å². The first-order chi connectivity index (χ1) is 32.8. The van der Waals surface area contributed by atoms with Crippen molar-refractivity contribution in [3.8, 4) is 5.69 Å². The van der Waals surface area contributed by atoms with E-state index in [-0.39, 0.29) is 70.1 Å². The van der Waals surface area contributed by atoms with Crippen molar-refractivity contribution in [2.75, 3.05) is 18.4 Å². The Morgan fingerprint density at radius 3 is 1.82 bits per heavy atom. The van der Waals surface area contributed by atoms with E-state index >= 15 is 0 Å². The number of carbonyl (C=O) groups excluding carboxylic acids is 2. The fourth-order valence-corrected chi connectivity index (χ4v) is 12.0. The average molecular weight is 1030 g/mol. The molecule has 0 spiro atoms. The van der Waals surface area contributed by atoms with Crippen molar-refractivity contribution >= 4 is 79.7 Å². The third-order valence-corrected chi connectivity index (χ3v) is 15.9. The molecule has 2 unspecified atom stereocenters. The number of hydrogen-bond donors (Lipinski definition) is 3. The van der Waals surface area contributed by atoms with Crippen LogP contribution in [-0.2, 0) is 19.6 Å². The smallest absolute Gasteiger partial charge is 0.277 e. The van der Waals surface area contributed by atoms with E-state index in [2.05, 4.69) is 22.1 Å². The molecule has 0 saturated carbocycles. The Bertz CT molecular complexity index is 2550. The number of imide groups is 1. The molecule has 2 heterocycles. The SMILES string of the molecule is CCCCCCCCCCCCCCCC(CC)C1(Cl)CC(=O)N(CCCNS(=O)(=O)c2cccc(Nc3[nH]n(-c4c(Cl)cc(Cl)cc4Cl)c(=O)c3C(c3ccccc3)c3ccccc3)c2)C1=O. The number of hydrogen-bond acceptors (Lipinski definition) is 6. The molecule has 366 valence electrons. The molecule has 1 fully saturated rings. The van der Waals surface area contributed by atoms with Crippen molar-refractivity contribution < 1.29 is 18.0 Å². The summed E-state index contributed by atoms with van der Waals surface area (Å²) in [5.74, 6) is -1.13. The first kappa shape index (κ1) is 53.3. The predicted octanol–water partition coefficient (Wildman–Crippen LogP) is 14.0. The standard InChI is InChI=1S/C53H65Cl4N5O5S/c1-3-5-6-7-8-9-10-11-12-13-14-15-22-29-40(4-2)53(57)37-46(63)61(52(53)65)33-24-32-58-68(66,67)43-31-23-30-42(36-43)59-50-48(47(38-25-18-16-19-26-38)39-27-20-17-21-28-39)51(64)62(60-50)49-44(55)34-41(54)35-45(49)56/h16-21,23,25-28,30-31,34-36,40,47,58-60H,3-15,22,24,29,32-33,37H2,1-2H3. The summed E-state index contributed by atoms with van der Waals surface area (Å²) in [5.41, 5.74) is 2.12. The fourth-order valence-electron chi connectivity index (χ4n) is 9.39. The van der Waals surface area contributed by atoms with Crippen LogP contribution in [0.15, 0.2) is 107 Å². The lowest BCUT2D eigenvalue weighted by atomic mass is 9.83. The molecule has 1 aliphatic heterocycles. The molecule has 3 N–H and O–H groups in total. The highest BCUT2D eigenvalue weighted by atomic mass is 35.5. The lowest BCUT2D eigenvalue weighted by molar-refractivity contribution is -0.139. The Balaban J connectivity index is 1.08. The number of sulfonamides is 1. The van der Waals surface area contributed by atoms with Crippen LogP contribution in [0.3, 0.4) is 0 Å². The molecule has 2 atom stereocenters. The summed E-state index contributed by atoms with van der Waals surface area (Å²) >= 11 is 26.6. The van der Waals surface area contributed by atoms with Gasteiger partial charge in [-0.25, -0.2) is 17.8 Å². The summed E-state index contributed by atoms with van der Waals surface area (Å²) in [7, 11) is -4.07. The molecular formula is C53H65Cl4N5O5S. The minimum absolute atomic E-state index is 0.0265. The zero-order chi connectivity index (χ0) is 48.7. The first-order valence-electron chi connectivity index (χ1n) is 24.3. The quantitative estimate of drug-likeness (QED) is 0.0260. The zero-order valence-electron chi connectivity index (χ0n) is 39.2. The van der Waals surface area contributed by atoms with Gasteiger partial charge in [0.1, 0.15) is 16.4 Å². The van der Waals surface area contributed by atoms with Crippen molar-refractivity contribution in [3.63, 3.8) is 0 Å². The molecule has 6 rings (SSSR count). The zero-order valence-corrected chi connectivity index (χ0v) is 43.0. The molecule has 1 aliphatic rings. The van der Waals surface area contributed by atoms with Crippen LogP contribution in [-0.4, -0.2) is 52.9 Å². The van der Waals surface area contributed by atoms with Gasteiger partial charge < -0.3 is 5.32 Å². The van der Waals surface area contributed by atoms with Gasteiger partial charge in [-0.1, -0.05) is 205 Å². The molecule has 4 aromatic carbocycles. The number of likely N-dealkylation sites (tertiary alicyclic amines) is 1. The second-order valence-corrected chi connectivity index (χ2v) is 21.6. The first-order valence-corrected chi connectivity index (χ1v) is 27.3. The maximum atomic E-state index is 14.7. The van der Waals surface area contributed by atoms with E-state index in [0.29, 0.717) is 22.7 Å². The average Bonchev–Trinajstić information content (AvgIpc) is 3.74. The van der Waals surface area contributed by atoms with Crippen LogP contribution in [0.25, 0.3) is 5.69 Å². The molecule has 0 bridgehead atoms. The van der Waals surface area contributed by atoms with Gasteiger partial charge in [0.25, 0.3) is 11.5 Å². The Morgan fingerprint density at radius 2 is 1.26 bits per heavy atom. The number of alkyl halides is 1. The Kier molecular flexibility index (Phi) is 20.1. The van der Waals surface area contributed by atoms with E-state index in [4.69, 9.17) is 46.4 Å². The van der Waals surface area contributed by atoms with Gasteiger partial charge in [-0.05, 0) is 60.2 Å². The number of benzene rings is 4. The monoisotopic (exact) mass is 1020 g/mol. The summed E-state index contributed by atoms with van der Waals surface area (Å²) in [4.78, 5) is 41.5. The van der Waals surface area contributed by atoms with E-state index in [1.54, 1.807) is 12.1 Å². The van der Waals surface area contributed by atoms with E-state index in [0.717, 1.165) is 36.8 Å². The molecule has 0 radical (unpaired) electrons. The molecule has 10 nitrogen and oxygen atoms in total. The molecule has 2 amide bonds. The third kappa shape index (κ3) is 13.6. The number of nitrogens with zero attached hydrogens (tertiary/aromatic N) is 2. The molecule has 1 aromatic heterocycles. The summed E-state index contributed by atoms with van der Waals surface area (Å²) < 4.78 is 31.4. The summed E-state index contributed by atoms with van der Waals surface area (Å²) in [5, 5.41) is 7.03. The van der Waals surface area contributed by atoms with Gasteiger partial charge >= 0.3 is 0 Å². The van der Waals surface area contributed by atoms with E-state index in [1.807, 2.05) is 67.6 Å². The lowest BCUT2D eigenvalue weighted by Gasteiger charge is -2.29.